The molecule has 0 spiro atoms. The van der Waals surface area contributed by atoms with Crippen LogP contribution in [0.4, 0.5) is 0 Å². The molecule has 1 N–H and O–H groups in total. The lowest BCUT2D eigenvalue weighted by atomic mass is 10.0. The van der Waals surface area contributed by atoms with Gasteiger partial charge in [0.2, 0.25) is 0 Å². The molecule has 0 bridgehead atoms. The number of benzene rings is 1. The van der Waals surface area contributed by atoms with Gasteiger partial charge < -0.3 is 14.8 Å². The Bertz CT molecular complexity index is 454. The maximum atomic E-state index is 6.23. The molecule has 1 aromatic rings. The molecule has 0 fully saturated rings. The molecule has 1 unspecified atom stereocenters. The standard InChI is InChI=1S/C17H27NO2/c1-6-18-11-15(12(2)3)19-14-9-7-8-13-10-17(4,5)20-16(13)14/h7-9,12,15,18H,6,10-11H2,1-5H3. The smallest absolute Gasteiger partial charge is 0.165 e. The SMILES string of the molecule is CCNCC(Oc1cccc2c1OC(C)(C)C2)C(C)C. The summed E-state index contributed by atoms with van der Waals surface area (Å²) in [6, 6.07) is 6.21. The van der Waals surface area contributed by atoms with Gasteiger partial charge in [-0.05, 0) is 32.4 Å². The summed E-state index contributed by atoms with van der Waals surface area (Å²) in [6.07, 6.45) is 1.10. The van der Waals surface area contributed by atoms with Gasteiger partial charge >= 0.3 is 0 Å². The third-order valence-electron chi connectivity index (χ3n) is 3.67. The fraction of sp³-hybridized carbons (Fsp3) is 0.647. The first-order valence-electron chi connectivity index (χ1n) is 7.61. The normalized spacial score (nSPS) is 17.7. The summed E-state index contributed by atoms with van der Waals surface area (Å²) in [4.78, 5) is 0. The van der Waals surface area contributed by atoms with Crippen LogP contribution in [-0.2, 0) is 6.42 Å². The molecule has 1 aromatic carbocycles. The highest BCUT2D eigenvalue weighted by atomic mass is 16.5. The first-order chi connectivity index (χ1) is 9.43. The Morgan fingerprint density at radius 1 is 1.35 bits per heavy atom. The molecule has 1 aliphatic heterocycles. The molecule has 0 aromatic heterocycles. The highest BCUT2D eigenvalue weighted by Crippen LogP contribution is 2.42. The molecule has 112 valence electrons. The van der Waals surface area contributed by atoms with Crippen molar-refractivity contribution in [2.45, 2.75) is 52.7 Å². The van der Waals surface area contributed by atoms with E-state index >= 15 is 0 Å². The zero-order valence-electron chi connectivity index (χ0n) is 13.3. The van der Waals surface area contributed by atoms with Gasteiger partial charge in [-0.2, -0.15) is 0 Å². The number of hydrogen-bond donors (Lipinski definition) is 1. The van der Waals surface area contributed by atoms with Crippen molar-refractivity contribution in [1.82, 2.24) is 5.32 Å². The lowest BCUT2D eigenvalue weighted by molar-refractivity contribution is 0.113. The maximum absolute atomic E-state index is 6.23. The number of para-hydroxylation sites is 1. The lowest BCUT2D eigenvalue weighted by Crippen LogP contribution is -2.35. The van der Waals surface area contributed by atoms with Gasteiger partial charge in [0, 0.05) is 18.5 Å². The van der Waals surface area contributed by atoms with Crippen molar-refractivity contribution in [3.05, 3.63) is 23.8 Å². The molecular weight excluding hydrogens is 250 g/mol. The molecule has 1 aliphatic rings. The van der Waals surface area contributed by atoms with Crippen molar-refractivity contribution in [3.8, 4) is 11.5 Å². The van der Waals surface area contributed by atoms with Crippen molar-refractivity contribution in [1.29, 1.82) is 0 Å². The van der Waals surface area contributed by atoms with Crippen molar-refractivity contribution < 1.29 is 9.47 Å². The minimum atomic E-state index is -0.128. The molecule has 2 rings (SSSR count). The summed E-state index contributed by atoms with van der Waals surface area (Å²) in [5.74, 6) is 2.27. The first kappa shape index (κ1) is 15.2. The van der Waals surface area contributed by atoms with Gasteiger partial charge in [0.05, 0.1) is 0 Å². The first-order valence-corrected chi connectivity index (χ1v) is 7.61. The average molecular weight is 277 g/mol. The number of rotatable bonds is 6. The Morgan fingerprint density at radius 2 is 2.10 bits per heavy atom. The third-order valence-corrected chi connectivity index (χ3v) is 3.67. The summed E-state index contributed by atoms with van der Waals surface area (Å²) in [5, 5.41) is 3.37. The highest BCUT2D eigenvalue weighted by molar-refractivity contribution is 5.50. The molecule has 0 saturated carbocycles. The number of fused-ring (bicyclic) bond motifs is 1. The van der Waals surface area contributed by atoms with E-state index in [4.69, 9.17) is 9.47 Å². The molecule has 20 heavy (non-hydrogen) atoms. The van der Waals surface area contributed by atoms with E-state index < -0.39 is 0 Å². The number of ether oxygens (including phenoxy) is 2. The molecule has 1 heterocycles. The fourth-order valence-corrected chi connectivity index (χ4v) is 2.54. The molecule has 0 aliphatic carbocycles. The van der Waals surface area contributed by atoms with Gasteiger partial charge in [-0.25, -0.2) is 0 Å². The minimum absolute atomic E-state index is 0.128. The molecule has 0 radical (unpaired) electrons. The zero-order valence-corrected chi connectivity index (χ0v) is 13.3. The van der Waals surface area contributed by atoms with Crippen LogP contribution in [0, 0.1) is 5.92 Å². The van der Waals surface area contributed by atoms with Crippen LogP contribution in [0.15, 0.2) is 18.2 Å². The molecule has 3 heteroatoms. The number of nitrogens with one attached hydrogen (secondary N) is 1. The quantitative estimate of drug-likeness (QED) is 0.864. The topological polar surface area (TPSA) is 30.5 Å². The van der Waals surface area contributed by atoms with Crippen LogP contribution in [0.5, 0.6) is 11.5 Å². The Hall–Kier alpha value is -1.22. The van der Waals surface area contributed by atoms with Crippen molar-refractivity contribution in [2.24, 2.45) is 5.92 Å². The maximum Gasteiger partial charge on any atom is 0.165 e. The van der Waals surface area contributed by atoms with Crippen molar-refractivity contribution in [2.75, 3.05) is 13.1 Å². The van der Waals surface area contributed by atoms with Gasteiger partial charge in [0.25, 0.3) is 0 Å². The van der Waals surface area contributed by atoms with E-state index in [0.29, 0.717) is 5.92 Å². The fourth-order valence-electron chi connectivity index (χ4n) is 2.54. The Kier molecular flexibility index (Phi) is 4.59. The van der Waals surface area contributed by atoms with E-state index in [9.17, 15) is 0 Å². The van der Waals surface area contributed by atoms with E-state index in [0.717, 1.165) is 31.0 Å². The van der Waals surface area contributed by atoms with Crippen LogP contribution in [0.3, 0.4) is 0 Å². The van der Waals surface area contributed by atoms with Crippen LogP contribution >= 0.6 is 0 Å². The summed E-state index contributed by atoms with van der Waals surface area (Å²) in [5.41, 5.74) is 1.12. The second kappa shape index (κ2) is 6.04. The van der Waals surface area contributed by atoms with E-state index in [1.807, 2.05) is 6.07 Å². The number of likely N-dealkylation sites (N-methyl/N-ethyl adjacent to an activating group) is 1. The van der Waals surface area contributed by atoms with Crippen LogP contribution in [0.1, 0.15) is 40.2 Å². The van der Waals surface area contributed by atoms with E-state index in [1.165, 1.54) is 5.56 Å². The Labute approximate surface area is 122 Å². The summed E-state index contributed by atoms with van der Waals surface area (Å²) in [7, 11) is 0. The third kappa shape index (κ3) is 3.45. The van der Waals surface area contributed by atoms with E-state index in [-0.39, 0.29) is 11.7 Å². The van der Waals surface area contributed by atoms with E-state index in [1.54, 1.807) is 0 Å². The predicted octanol–water partition coefficient (Wildman–Crippen LogP) is 3.41. The van der Waals surface area contributed by atoms with Crippen molar-refractivity contribution >= 4 is 0 Å². The van der Waals surface area contributed by atoms with Crippen LogP contribution in [0.2, 0.25) is 0 Å². The van der Waals surface area contributed by atoms with Crippen molar-refractivity contribution in [3.63, 3.8) is 0 Å². The summed E-state index contributed by atoms with van der Waals surface area (Å²) < 4.78 is 12.3. The monoisotopic (exact) mass is 277 g/mol. The second-order valence-electron chi connectivity index (χ2n) is 6.49. The van der Waals surface area contributed by atoms with Gasteiger partial charge in [-0.1, -0.05) is 32.9 Å². The largest absolute Gasteiger partial charge is 0.485 e. The molecule has 1 atom stereocenters. The van der Waals surface area contributed by atoms with Gasteiger partial charge in [0.15, 0.2) is 11.5 Å². The average Bonchev–Trinajstić information content (AvgIpc) is 2.68. The van der Waals surface area contributed by atoms with Gasteiger partial charge in [0.1, 0.15) is 11.7 Å². The second-order valence-corrected chi connectivity index (χ2v) is 6.49. The van der Waals surface area contributed by atoms with Crippen LogP contribution in [-0.4, -0.2) is 24.8 Å². The molecular formula is C17H27NO2. The highest BCUT2D eigenvalue weighted by Gasteiger charge is 2.32. The molecule has 0 amide bonds. The van der Waals surface area contributed by atoms with Gasteiger partial charge in [-0.15, -0.1) is 0 Å². The number of hydrogen-bond acceptors (Lipinski definition) is 3. The predicted molar refractivity (Wildman–Crippen MR) is 82.7 cm³/mol. The Balaban J connectivity index is 2.16. The lowest BCUT2D eigenvalue weighted by Gasteiger charge is -2.24. The minimum Gasteiger partial charge on any atom is -0.485 e. The zero-order chi connectivity index (χ0) is 14.8. The molecule has 0 saturated heterocycles. The van der Waals surface area contributed by atoms with Crippen LogP contribution in [0.25, 0.3) is 0 Å². The Morgan fingerprint density at radius 3 is 2.75 bits per heavy atom. The summed E-state index contributed by atoms with van der Waals surface area (Å²) >= 11 is 0. The summed E-state index contributed by atoms with van der Waals surface area (Å²) in [6.45, 7) is 12.6. The van der Waals surface area contributed by atoms with Gasteiger partial charge in [-0.3, -0.25) is 0 Å². The van der Waals surface area contributed by atoms with Crippen LogP contribution < -0.4 is 14.8 Å². The molecule has 3 nitrogen and oxygen atoms in total. The van der Waals surface area contributed by atoms with E-state index in [2.05, 4.69) is 52.1 Å².